The Bertz CT molecular complexity index is 676. The fourth-order valence-electron chi connectivity index (χ4n) is 1.91. The van der Waals surface area contributed by atoms with Crippen LogP contribution in [0.25, 0.3) is 0 Å². The fourth-order valence-corrected chi connectivity index (χ4v) is 1.91. The second-order valence-electron chi connectivity index (χ2n) is 4.62. The SMILES string of the molecule is COC(=O)C(N)Cc1ccccc1Oc1ccc(F)c(F)c1. The standard InChI is InChI=1S/C16H15F2NO3/c1-21-16(20)14(19)8-10-4-2-3-5-15(10)22-11-6-7-12(17)13(18)9-11/h2-7,9,14H,8,19H2,1H3. The highest BCUT2D eigenvalue weighted by atomic mass is 19.2. The number of ether oxygens (including phenoxy) is 2. The molecule has 0 aliphatic heterocycles. The van der Waals surface area contributed by atoms with E-state index in [-0.39, 0.29) is 12.2 Å². The number of esters is 1. The third-order valence-electron chi connectivity index (χ3n) is 3.04. The summed E-state index contributed by atoms with van der Waals surface area (Å²) in [6.07, 6.45) is 0.201. The molecule has 6 heteroatoms. The van der Waals surface area contributed by atoms with Gasteiger partial charge in [-0.2, -0.15) is 0 Å². The van der Waals surface area contributed by atoms with Crippen LogP contribution in [0.1, 0.15) is 5.56 Å². The zero-order valence-corrected chi connectivity index (χ0v) is 11.9. The first-order chi connectivity index (χ1) is 10.5. The fraction of sp³-hybridized carbons (Fsp3) is 0.188. The van der Waals surface area contributed by atoms with Crippen LogP contribution in [0.3, 0.4) is 0 Å². The van der Waals surface area contributed by atoms with Crippen LogP contribution in [0.5, 0.6) is 11.5 Å². The van der Waals surface area contributed by atoms with Crippen molar-refractivity contribution in [2.24, 2.45) is 5.73 Å². The Balaban J connectivity index is 2.20. The maximum absolute atomic E-state index is 13.2. The molecule has 0 aromatic heterocycles. The van der Waals surface area contributed by atoms with Gasteiger partial charge in [0.05, 0.1) is 7.11 Å². The van der Waals surface area contributed by atoms with E-state index in [1.165, 1.54) is 13.2 Å². The Morgan fingerprint density at radius 2 is 1.91 bits per heavy atom. The smallest absolute Gasteiger partial charge is 0.322 e. The molecule has 4 nitrogen and oxygen atoms in total. The Morgan fingerprint density at radius 3 is 2.59 bits per heavy atom. The number of rotatable bonds is 5. The van der Waals surface area contributed by atoms with Gasteiger partial charge >= 0.3 is 5.97 Å². The summed E-state index contributed by atoms with van der Waals surface area (Å²) in [5.41, 5.74) is 6.38. The second-order valence-corrected chi connectivity index (χ2v) is 4.62. The van der Waals surface area contributed by atoms with E-state index in [0.29, 0.717) is 11.3 Å². The van der Waals surface area contributed by atoms with Crippen LogP contribution in [0.15, 0.2) is 42.5 Å². The lowest BCUT2D eigenvalue weighted by atomic mass is 10.1. The average Bonchev–Trinajstić information content (AvgIpc) is 2.52. The Morgan fingerprint density at radius 1 is 1.18 bits per heavy atom. The molecule has 0 radical (unpaired) electrons. The van der Waals surface area contributed by atoms with Crippen LogP contribution < -0.4 is 10.5 Å². The first-order valence-corrected chi connectivity index (χ1v) is 6.55. The lowest BCUT2D eigenvalue weighted by molar-refractivity contribution is -0.142. The van der Waals surface area contributed by atoms with E-state index in [0.717, 1.165) is 12.1 Å². The van der Waals surface area contributed by atoms with E-state index in [1.807, 2.05) is 0 Å². The van der Waals surface area contributed by atoms with Gasteiger partial charge in [-0.05, 0) is 23.8 Å². The predicted molar refractivity (Wildman–Crippen MR) is 76.6 cm³/mol. The number of methoxy groups -OCH3 is 1. The number of hydrogen-bond donors (Lipinski definition) is 1. The predicted octanol–water partition coefficient (Wildman–Crippen LogP) is 2.80. The van der Waals surface area contributed by atoms with Crippen LogP contribution in [0.2, 0.25) is 0 Å². The number of carbonyl (C=O) groups excluding carboxylic acids is 1. The van der Waals surface area contributed by atoms with Gasteiger partial charge in [0.15, 0.2) is 11.6 Å². The summed E-state index contributed by atoms with van der Waals surface area (Å²) in [7, 11) is 1.26. The summed E-state index contributed by atoms with van der Waals surface area (Å²) in [5, 5.41) is 0. The highest BCUT2D eigenvalue weighted by Gasteiger charge is 2.17. The van der Waals surface area contributed by atoms with Crippen LogP contribution in [-0.4, -0.2) is 19.1 Å². The molecular weight excluding hydrogens is 292 g/mol. The van der Waals surface area contributed by atoms with Gasteiger partial charge in [-0.1, -0.05) is 18.2 Å². The second kappa shape index (κ2) is 7.00. The van der Waals surface area contributed by atoms with E-state index in [4.69, 9.17) is 10.5 Å². The maximum atomic E-state index is 13.2. The first-order valence-electron chi connectivity index (χ1n) is 6.55. The zero-order valence-electron chi connectivity index (χ0n) is 11.9. The Labute approximate surface area is 126 Å². The third kappa shape index (κ3) is 3.79. The van der Waals surface area contributed by atoms with E-state index in [9.17, 15) is 13.6 Å². The van der Waals surface area contributed by atoms with Gasteiger partial charge in [0.25, 0.3) is 0 Å². The first kappa shape index (κ1) is 15.9. The minimum Gasteiger partial charge on any atom is -0.468 e. The molecule has 1 atom stereocenters. The van der Waals surface area contributed by atoms with Crippen molar-refractivity contribution in [3.63, 3.8) is 0 Å². The molecule has 116 valence electrons. The monoisotopic (exact) mass is 307 g/mol. The number of carbonyl (C=O) groups is 1. The largest absolute Gasteiger partial charge is 0.468 e. The topological polar surface area (TPSA) is 61.5 Å². The summed E-state index contributed by atoms with van der Waals surface area (Å²) in [6.45, 7) is 0. The molecule has 0 amide bonds. The summed E-state index contributed by atoms with van der Waals surface area (Å²) in [6, 6.07) is 9.29. The van der Waals surface area contributed by atoms with Crippen molar-refractivity contribution in [3.05, 3.63) is 59.7 Å². The lowest BCUT2D eigenvalue weighted by Gasteiger charge is -2.14. The molecule has 0 heterocycles. The third-order valence-corrected chi connectivity index (χ3v) is 3.04. The summed E-state index contributed by atoms with van der Waals surface area (Å²) >= 11 is 0. The molecule has 22 heavy (non-hydrogen) atoms. The number of nitrogens with two attached hydrogens (primary N) is 1. The molecule has 0 fully saturated rings. The molecule has 0 saturated heterocycles. The van der Waals surface area contributed by atoms with E-state index in [1.54, 1.807) is 24.3 Å². The van der Waals surface area contributed by atoms with E-state index in [2.05, 4.69) is 4.74 Å². The van der Waals surface area contributed by atoms with Crippen LogP contribution in [-0.2, 0) is 16.0 Å². The van der Waals surface area contributed by atoms with Gasteiger partial charge in [0, 0.05) is 12.5 Å². The number of halogens is 2. The van der Waals surface area contributed by atoms with Crippen LogP contribution >= 0.6 is 0 Å². The Hall–Kier alpha value is -2.47. The molecule has 0 aliphatic carbocycles. The van der Waals surface area contributed by atoms with Crippen molar-refractivity contribution in [1.29, 1.82) is 0 Å². The highest BCUT2D eigenvalue weighted by molar-refractivity contribution is 5.75. The molecule has 2 rings (SSSR count). The summed E-state index contributed by atoms with van der Waals surface area (Å²) < 4.78 is 36.2. The minimum absolute atomic E-state index is 0.151. The van der Waals surface area contributed by atoms with Crippen molar-refractivity contribution in [1.82, 2.24) is 0 Å². The molecule has 0 aliphatic rings. The van der Waals surface area contributed by atoms with Gasteiger partial charge in [-0.25, -0.2) is 8.78 Å². The summed E-state index contributed by atoms with van der Waals surface area (Å²) in [4.78, 5) is 11.4. The van der Waals surface area contributed by atoms with Crippen LogP contribution in [0.4, 0.5) is 8.78 Å². The van der Waals surface area contributed by atoms with Crippen LogP contribution in [0, 0.1) is 11.6 Å². The quantitative estimate of drug-likeness (QED) is 0.863. The van der Waals surface area contributed by atoms with Gasteiger partial charge in [-0.15, -0.1) is 0 Å². The molecule has 2 aromatic carbocycles. The lowest BCUT2D eigenvalue weighted by Crippen LogP contribution is -2.33. The van der Waals surface area contributed by atoms with Crippen molar-refractivity contribution in [2.75, 3.05) is 7.11 Å². The van der Waals surface area contributed by atoms with E-state index >= 15 is 0 Å². The molecule has 0 bridgehead atoms. The minimum atomic E-state index is -0.999. The van der Waals surface area contributed by atoms with Gasteiger partial charge in [-0.3, -0.25) is 4.79 Å². The highest BCUT2D eigenvalue weighted by Crippen LogP contribution is 2.27. The molecule has 2 N–H and O–H groups in total. The van der Waals surface area contributed by atoms with E-state index < -0.39 is 23.6 Å². The van der Waals surface area contributed by atoms with Crippen molar-refractivity contribution in [3.8, 4) is 11.5 Å². The van der Waals surface area contributed by atoms with Crippen molar-refractivity contribution in [2.45, 2.75) is 12.5 Å². The zero-order chi connectivity index (χ0) is 16.1. The molecule has 1 unspecified atom stereocenters. The number of benzene rings is 2. The van der Waals surface area contributed by atoms with Gasteiger partial charge in [0.2, 0.25) is 0 Å². The van der Waals surface area contributed by atoms with Gasteiger partial charge in [0.1, 0.15) is 17.5 Å². The normalized spacial score (nSPS) is 11.8. The molecule has 0 spiro atoms. The number of para-hydroxylation sites is 1. The molecule has 0 saturated carbocycles. The number of hydrogen-bond acceptors (Lipinski definition) is 4. The van der Waals surface area contributed by atoms with Crippen molar-refractivity contribution >= 4 is 5.97 Å². The van der Waals surface area contributed by atoms with Crippen molar-refractivity contribution < 1.29 is 23.0 Å². The molecular formula is C16H15F2NO3. The average molecular weight is 307 g/mol. The molecule has 2 aromatic rings. The maximum Gasteiger partial charge on any atom is 0.322 e. The Kier molecular flexibility index (Phi) is 5.06. The van der Waals surface area contributed by atoms with Gasteiger partial charge < -0.3 is 15.2 Å². The summed E-state index contributed by atoms with van der Waals surface area (Å²) in [5.74, 6) is -1.93.